The van der Waals surface area contributed by atoms with E-state index >= 15 is 0 Å². The third-order valence-corrected chi connectivity index (χ3v) is 3.95. The fourth-order valence-corrected chi connectivity index (χ4v) is 2.47. The van der Waals surface area contributed by atoms with Crippen molar-refractivity contribution in [3.05, 3.63) is 0 Å². The summed E-state index contributed by atoms with van der Waals surface area (Å²) in [5.41, 5.74) is 0. The Kier molecular flexibility index (Phi) is 4.26. The molecule has 2 amide bonds. The van der Waals surface area contributed by atoms with Gasteiger partial charge in [-0.3, -0.25) is 0 Å². The van der Waals surface area contributed by atoms with Gasteiger partial charge in [0.15, 0.2) is 0 Å². The van der Waals surface area contributed by atoms with Gasteiger partial charge in [-0.1, -0.05) is 0 Å². The Balaban J connectivity index is 1.89. The molecular weight excluding hydrogens is 214 g/mol. The summed E-state index contributed by atoms with van der Waals surface area (Å²) in [5.74, 6) is 0.700. The second-order valence-electron chi connectivity index (χ2n) is 5.37. The van der Waals surface area contributed by atoms with Crippen molar-refractivity contribution in [3.8, 4) is 0 Å². The lowest BCUT2D eigenvalue weighted by Gasteiger charge is -2.32. The number of hydrogen-bond acceptors (Lipinski definition) is 2. The Morgan fingerprint density at radius 2 is 1.88 bits per heavy atom. The fourth-order valence-electron chi connectivity index (χ4n) is 2.47. The highest BCUT2D eigenvalue weighted by atomic mass is 16.2. The highest BCUT2D eigenvalue weighted by molar-refractivity contribution is 5.74. The van der Waals surface area contributed by atoms with Crippen LogP contribution in [0.4, 0.5) is 4.79 Å². The van der Waals surface area contributed by atoms with Crippen molar-refractivity contribution in [2.24, 2.45) is 5.92 Å². The van der Waals surface area contributed by atoms with Crippen molar-refractivity contribution in [1.29, 1.82) is 0 Å². The van der Waals surface area contributed by atoms with E-state index in [4.69, 9.17) is 0 Å². The lowest BCUT2D eigenvalue weighted by molar-refractivity contribution is 0.147. The third-order valence-electron chi connectivity index (χ3n) is 3.95. The minimum absolute atomic E-state index is 0.230. The van der Waals surface area contributed by atoms with Gasteiger partial charge in [-0.15, -0.1) is 0 Å². The van der Waals surface area contributed by atoms with E-state index in [9.17, 15) is 4.79 Å². The number of urea groups is 1. The summed E-state index contributed by atoms with van der Waals surface area (Å²) in [6, 6.07) is 0.764. The summed E-state index contributed by atoms with van der Waals surface area (Å²) in [6.07, 6.45) is 4.83. The van der Waals surface area contributed by atoms with E-state index in [2.05, 4.69) is 10.2 Å². The smallest absolute Gasteiger partial charge is 0.319 e. The minimum Gasteiger partial charge on any atom is -0.328 e. The van der Waals surface area contributed by atoms with E-state index in [0.717, 1.165) is 26.2 Å². The molecule has 2 fully saturated rings. The molecule has 98 valence electrons. The zero-order valence-corrected chi connectivity index (χ0v) is 11.1. The average molecular weight is 239 g/mol. The molecule has 0 atom stereocenters. The highest BCUT2D eigenvalue weighted by Gasteiger charge is 2.35. The lowest BCUT2D eigenvalue weighted by Crippen LogP contribution is -2.46. The van der Waals surface area contributed by atoms with Crippen LogP contribution in [0.5, 0.6) is 0 Å². The summed E-state index contributed by atoms with van der Waals surface area (Å²) >= 11 is 0. The van der Waals surface area contributed by atoms with Gasteiger partial charge in [0.25, 0.3) is 0 Å². The van der Waals surface area contributed by atoms with E-state index in [1.165, 1.54) is 25.7 Å². The number of carbonyl (C=O) groups is 1. The topological polar surface area (TPSA) is 35.6 Å². The number of nitrogens with zero attached hydrogens (tertiary/aromatic N) is 2. The molecule has 0 aromatic rings. The average Bonchev–Trinajstić information content (AvgIpc) is 3.19. The molecule has 0 bridgehead atoms. The number of amides is 2. The zero-order chi connectivity index (χ0) is 12.3. The van der Waals surface area contributed by atoms with Crippen LogP contribution in [0.15, 0.2) is 0 Å². The van der Waals surface area contributed by atoms with Crippen molar-refractivity contribution < 1.29 is 4.79 Å². The van der Waals surface area contributed by atoms with Gasteiger partial charge in [-0.25, -0.2) is 4.79 Å². The molecule has 1 saturated carbocycles. The molecule has 1 aliphatic heterocycles. The Hall–Kier alpha value is -0.770. The molecule has 0 radical (unpaired) electrons. The van der Waals surface area contributed by atoms with Crippen LogP contribution in [0.25, 0.3) is 0 Å². The first-order valence-corrected chi connectivity index (χ1v) is 6.94. The van der Waals surface area contributed by atoms with Gasteiger partial charge in [0.2, 0.25) is 0 Å². The molecule has 4 heteroatoms. The fraction of sp³-hybridized carbons (Fsp3) is 0.923. The van der Waals surface area contributed by atoms with E-state index < -0.39 is 0 Å². The summed E-state index contributed by atoms with van der Waals surface area (Å²) in [6.45, 7) is 6.03. The first-order chi connectivity index (χ1) is 8.22. The minimum atomic E-state index is 0.230. The molecule has 4 nitrogen and oxygen atoms in total. The molecule has 1 aliphatic carbocycles. The van der Waals surface area contributed by atoms with Gasteiger partial charge in [0, 0.05) is 26.2 Å². The Bertz CT molecular complexity index is 259. The largest absolute Gasteiger partial charge is 0.328 e. The van der Waals surface area contributed by atoms with E-state index in [1.807, 2.05) is 18.9 Å². The quantitative estimate of drug-likeness (QED) is 0.807. The van der Waals surface area contributed by atoms with Crippen LogP contribution in [0, 0.1) is 5.92 Å². The zero-order valence-electron chi connectivity index (χ0n) is 11.1. The highest BCUT2D eigenvalue weighted by Crippen LogP contribution is 2.29. The Morgan fingerprint density at radius 3 is 2.41 bits per heavy atom. The summed E-state index contributed by atoms with van der Waals surface area (Å²) in [4.78, 5) is 16.2. The van der Waals surface area contributed by atoms with Crippen molar-refractivity contribution in [2.45, 2.75) is 38.6 Å². The van der Waals surface area contributed by atoms with Gasteiger partial charge in [0.1, 0.15) is 0 Å². The maximum absolute atomic E-state index is 12.3. The molecule has 1 saturated heterocycles. The van der Waals surface area contributed by atoms with E-state index in [-0.39, 0.29) is 6.03 Å². The summed E-state index contributed by atoms with van der Waals surface area (Å²) in [7, 11) is 1.90. The number of piperidine rings is 1. The molecular formula is C13H25N3O. The molecule has 0 spiro atoms. The van der Waals surface area contributed by atoms with E-state index in [1.54, 1.807) is 0 Å². The van der Waals surface area contributed by atoms with Crippen molar-refractivity contribution in [3.63, 3.8) is 0 Å². The van der Waals surface area contributed by atoms with Crippen LogP contribution in [-0.4, -0.2) is 55.1 Å². The summed E-state index contributed by atoms with van der Waals surface area (Å²) < 4.78 is 0. The van der Waals surface area contributed by atoms with Crippen molar-refractivity contribution in [1.82, 2.24) is 15.1 Å². The second kappa shape index (κ2) is 5.71. The van der Waals surface area contributed by atoms with Gasteiger partial charge < -0.3 is 15.1 Å². The van der Waals surface area contributed by atoms with Crippen LogP contribution in [0.2, 0.25) is 0 Å². The van der Waals surface area contributed by atoms with Crippen molar-refractivity contribution in [2.75, 3.05) is 33.2 Å². The number of rotatable bonds is 4. The molecule has 2 aliphatic rings. The predicted octanol–water partition coefficient (Wildman–Crippen LogP) is 1.52. The molecule has 0 aromatic heterocycles. The number of nitrogens with one attached hydrogen (secondary N) is 1. The maximum atomic E-state index is 12.3. The van der Waals surface area contributed by atoms with Crippen LogP contribution < -0.4 is 5.32 Å². The monoisotopic (exact) mass is 239 g/mol. The predicted molar refractivity (Wildman–Crippen MR) is 69.0 cm³/mol. The van der Waals surface area contributed by atoms with Crippen LogP contribution in [0.3, 0.4) is 0 Å². The van der Waals surface area contributed by atoms with E-state index in [0.29, 0.717) is 12.0 Å². The normalized spacial score (nSPS) is 21.3. The lowest BCUT2D eigenvalue weighted by atomic mass is 9.97. The molecule has 17 heavy (non-hydrogen) atoms. The third kappa shape index (κ3) is 3.35. The molecule has 1 heterocycles. The first kappa shape index (κ1) is 12.7. The van der Waals surface area contributed by atoms with Crippen LogP contribution in [-0.2, 0) is 0 Å². The van der Waals surface area contributed by atoms with Crippen LogP contribution >= 0.6 is 0 Å². The standard InChI is InChI=1S/C13H25N3O/c1-3-15(2)13(17)16(12-4-5-12)10-11-6-8-14-9-7-11/h11-12,14H,3-10H2,1-2H3. The molecule has 0 aromatic carbocycles. The Morgan fingerprint density at radius 1 is 1.24 bits per heavy atom. The second-order valence-corrected chi connectivity index (χ2v) is 5.37. The molecule has 1 N–H and O–H groups in total. The Labute approximate surface area is 104 Å². The van der Waals surface area contributed by atoms with Crippen molar-refractivity contribution >= 4 is 6.03 Å². The molecule has 2 rings (SSSR count). The summed E-state index contributed by atoms with van der Waals surface area (Å²) in [5, 5.41) is 3.38. The SMILES string of the molecule is CCN(C)C(=O)N(CC1CCNCC1)C1CC1. The van der Waals surface area contributed by atoms with Gasteiger partial charge in [-0.05, 0) is 51.6 Å². The molecule has 0 unspecified atom stereocenters. The van der Waals surface area contributed by atoms with Gasteiger partial charge >= 0.3 is 6.03 Å². The van der Waals surface area contributed by atoms with Gasteiger partial charge in [0.05, 0.1) is 0 Å². The maximum Gasteiger partial charge on any atom is 0.319 e. The number of carbonyl (C=O) groups excluding carboxylic acids is 1. The first-order valence-electron chi connectivity index (χ1n) is 6.94. The van der Waals surface area contributed by atoms with Gasteiger partial charge in [-0.2, -0.15) is 0 Å². The van der Waals surface area contributed by atoms with Crippen LogP contribution in [0.1, 0.15) is 32.6 Å². The number of hydrogen-bond donors (Lipinski definition) is 1.